The van der Waals surface area contributed by atoms with Gasteiger partial charge in [0.05, 0.1) is 41.5 Å². The average molecular weight is 497 g/mol. The zero-order valence-corrected chi connectivity index (χ0v) is 20.4. The van der Waals surface area contributed by atoms with E-state index in [1.54, 1.807) is 11.8 Å². The second kappa shape index (κ2) is 9.94. The van der Waals surface area contributed by atoms with Crippen LogP contribution in [0.2, 0.25) is 0 Å². The Morgan fingerprint density at radius 1 is 1.11 bits per heavy atom. The summed E-state index contributed by atoms with van der Waals surface area (Å²) in [6.45, 7) is 3.46. The molecule has 4 heterocycles. The first-order valence-electron chi connectivity index (χ1n) is 11.7. The van der Waals surface area contributed by atoms with Crippen molar-refractivity contribution in [2.45, 2.75) is 6.92 Å². The van der Waals surface area contributed by atoms with E-state index in [0.717, 1.165) is 11.3 Å². The van der Waals surface area contributed by atoms with Gasteiger partial charge in [-0.15, -0.1) is 0 Å². The van der Waals surface area contributed by atoms with Gasteiger partial charge < -0.3 is 19.5 Å². The van der Waals surface area contributed by atoms with Crippen molar-refractivity contribution in [3.05, 3.63) is 72.1 Å². The van der Waals surface area contributed by atoms with Gasteiger partial charge in [0.1, 0.15) is 17.9 Å². The highest BCUT2D eigenvalue weighted by Crippen LogP contribution is 2.32. The van der Waals surface area contributed by atoms with Gasteiger partial charge in [-0.25, -0.2) is 14.6 Å². The molecule has 1 aromatic carbocycles. The first-order chi connectivity index (χ1) is 18.0. The van der Waals surface area contributed by atoms with Gasteiger partial charge in [0.2, 0.25) is 0 Å². The Bertz CT molecular complexity index is 1540. The van der Waals surface area contributed by atoms with Crippen molar-refractivity contribution >= 4 is 28.3 Å². The van der Waals surface area contributed by atoms with Crippen LogP contribution >= 0.6 is 0 Å². The van der Waals surface area contributed by atoms with Gasteiger partial charge in [-0.3, -0.25) is 9.59 Å². The molecule has 4 aromatic rings. The molecule has 1 amide bonds. The maximum absolute atomic E-state index is 13.4. The number of piperazine rings is 1. The first kappa shape index (κ1) is 23.7. The lowest BCUT2D eigenvalue weighted by atomic mass is 10.1. The van der Waals surface area contributed by atoms with Gasteiger partial charge in [-0.05, 0) is 12.5 Å². The van der Waals surface area contributed by atoms with E-state index >= 15 is 0 Å². The second-order valence-electron chi connectivity index (χ2n) is 8.47. The summed E-state index contributed by atoms with van der Waals surface area (Å²) in [7, 11) is 1.48. The summed E-state index contributed by atoms with van der Waals surface area (Å²) in [5, 5.41) is 14.0. The lowest BCUT2D eigenvalue weighted by molar-refractivity contribution is -0.127. The van der Waals surface area contributed by atoms with Gasteiger partial charge in [-0.2, -0.15) is 10.4 Å². The molecule has 37 heavy (non-hydrogen) atoms. The Hall–Kier alpha value is -4.98. The number of rotatable bonds is 6. The van der Waals surface area contributed by atoms with Crippen LogP contribution in [0, 0.1) is 18.3 Å². The fourth-order valence-electron chi connectivity index (χ4n) is 4.50. The number of H-pyrrole nitrogens is 1. The summed E-state index contributed by atoms with van der Waals surface area (Å²) in [6, 6.07) is 11.7. The van der Waals surface area contributed by atoms with Crippen molar-refractivity contribution in [3.8, 4) is 17.6 Å². The third-order valence-corrected chi connectivity index (χ3v) is 6.31. The summed E-state index contributed by atoms with van der Waals surface area (Å²) >= 11 is 0. The predicted molar refractivity (Wildman–Crippen MR) is 135 cm³/mol. The van der Waals surface area contributed by atoms with E-state index in [4.69, 9.17) is 4.74 Å². The van der Waals surface area contributed by atoms with Gasteiger partial charge in [0.15, 0.2) is 5.82 Å². The number of aryl methyl sites for hydroxylation is 1. The molecule has 0 atom stereocenters. The second-order valence-corrected chi connectivity index (χ2v) is 8.47. The number of aromatic nitrogens is 5. The molecule has 0 unspecified atom stereocenters. The van der Waals surface area contributed by atoms with Crippen molar-refractivity contribution in [1.29, 1.82) is 5.26 Å². The van der Waals surface area contributed by atoms with Crippen LogP contribution in [-0.2, 0) is 4.79 Å². The van der Waals surface area contributed by atoms with Gasteiger partial charge in [0, 0.05) is 38.5 Å². The van der Waals surface area contributed by atoms with E-state index in [0.29, 0.717) is 54.5 Å². The van der Waals surface area contributed by atoms with Crippen LogP contribution in [-0.4, -0.2) is 79.5 Å². The number of fused-ring (bicyclic) bond motifs is 1. The molecule has 11 nitrogen and oxygen atoms in total. The average Bonchev–Trinajstić information content (AvgIpc) is 3.58. The largest absolute Gasteiger partial charge is 0.494 e. The van der Waals surface area contributed by atoms with Crippen LogP contribution in [0.3, 0.4) is 0 Å². The maximum Gasteiger partial charge on any atom is 0.295 e. The number of nitrogens with one attached hydrogen (secondary N) is 1. The predicted octanol–water partition coefficient (Wildman–Crippen LogP) is 2.35. The Labute approximate surface area is 212 Å². The molecule has 1 aliphatic heterocycles. The number of hydrogen-bond donors (Lipinski definition) is 1. The number of nitriles is 1. The summed E-state index contributed by atoms with van der Waals surface area (Å²) in [5.74, 6) is 0.146. The SMILES string of the molecule is COc1cnc(-n2cnc(C)n2)c2[nH]cc(C(=O)C(=O)N3CCN(/C(=C/C#N)c4ccccc4)CC3)c12. The number of ketones is 1. The highest BCUT2D eigenvalue weighted by molar-refractivity contribution is 6.45. The number of hydrogen-bond acceptors (Lipinski definition) is 8. The number of ether oxygens (including phenoxy) is 1. The standard InChI is InChI=1S/C26H24N8O3/c1-17-30-16-34(31-17)25-23-22(21(37-2)15-29-25)19(14-28-23)24(35)26(36)33-12-10-32(11-13-33)20(8-9-27)18-6-4-3-5-7-18/h3-8,14-16,28H,10-13H2,1-2H3/b20-8+. The molecule has 1 aliphatic rings. The number of allylic oxidation sites excluding steroid dienone is 1. The number of pyridine rings is 1. The smallest absolute Gasteiger partial charge is 0.295 e. The minimum absolute atomic E-state index is 0.203. The summed E-state index contributed by atoms with van der Waals surface area (Å²) < 4.78 is 6.96. The molecule has 0 bridgehead atoms. The fourth-order valence-corrected chi connectivity index (χ4v) is 4.50. The van der Waals surface area contributed by atoms with Crippen molar-refractivity contribution in [2.24, 2.45) is 0 Å². The van der Waals surface area contributed by atoms with Crippen molar-refractivity contribution in [1.82, 2.24) is 34.5 Å². The van der Waals surface area contributed by atoms with Gasteiger partial charge in [-0.1, -0.05) is 30.3 Å². The Morgan fingerprint density at radius 3 is 2.49 bits per heavy atom. The van der Waals surface area contributed by atoms with Crippen molar-refractivity contribution < 1.29 is 14.3 Å². The molecule has 0 spiro atoms. The number of aromatic amines is 1. The maximum atomic E-state index is 13.4. The van der Waals surface area contributed by atoms with Gasteiger partial charge >= 0.3 is 0 Å². The van der Waals surface area contributed by atoms with E-state index in [-0.39, 0.29) is 5.56 Å². The van der Waals surface area contributed by atoms with E-state index < -0.39 is 11.7 Å². The van der Waals surface area contributed by atoms with Gasteiger partial charge in [0.25, 0.3) is 11.7 Å². The van der Waals surface area contributed by atoms with Crippen molar-refractivity contribution in [3.63, 3.8) is 0 Å². The van der Waals surface area contributed by atoms with Crippen LogP contribution in [0.5, 0.6) is 5.75 Å². The number of amides is 1. The van der Waals surface area contributed by atoms with Crippen LogP contribution in [0.4, 0.5) is 0 Å². The normalized spacial score (nSPS) is 14.0. The summed E-state index contributed by atoms with van der Waals surface area (Å²) in [4.78, 5) is 41.8. The van der Waals surface area contributed by atoms with Crippen molar-refractivity contribution in [2.75, 3.05) is 33.3 Å². The highest BCUT2D eigenvalue weighted by atomic mass is 16.5. The quantitative estimate of drug-likeness (QED) is 0.244. The van der Waals surface area contributed by atoms with E-state index in [2.05, 4.69) is 31.0 Å². The fraction of sp³-hybridized carbons (Fsp3) is 0.231. The zero-order chi connectivity index (χ0) is 25.9. The number of methoxy groups -OCH3 is 1. The highest BCUT2D eigenvalue weighted by Gasteiger charge is 2.31. The third kappa shape index (κ3) is 4.40. The molecule has 0 aliphatic carbocycles. The molecule has 1 saturated heterocycles. The Balaban J connectivity index is 1.38. The molecular weight excluding hydrogens is 472 g/mol. The zero-order valence-electron chi connectivity index (χ0n) is 20.4. The Morgan fingerprint density at radius 2 is 1.84 bits per heavy atom. The molecular formula is C26H24N8O3. The van der Waals surface area contributed by atoms with Crippen LogP contribution in [0.25, 0.3) is 22.4 Å². The molecule has 11 heteroatoms. The number of Topliss-reactive ketones (excluding diaryl/α,β-unsaturated/α-hetero) is 1. The van der Waals surface area contributed by atoms with E-state index in [9.17, 15) is 14.9 Å². The lowest BCUT2D eigenvalue weighted by Crippen LogP contribution is -2.49. The number of benzene rings is 1. The topological polar surface area (TPSA) is 133 Å². The third-order valence-electron chi connectivity index (χ3n) is 6.31. The first-order valence-corrected chi connectivity index (χ1v) is 11.7. The number of carbonyl (C=O) groups excluding carboxylic acids is 2. The number of nitrogens with zero attached hydrogens (tertiary/aromatic N) is 7. The molecule has 1 fully saturated rings. The number of carbonyl (C=O) groups is 2. The lowest BCUT2D eigenvalue weighted by Gasteiger charge is -2.37. The summed E-state index contributed by atoms with van der Waals surface area (Å²) in [6.07, 6.45) is 6.04. The van der Waals surface area contributed by atoms with E-state index in [1.165, 1.54) is 36.6 Å². The van der Waals surface area contributed by atoms with Crippen LogP contribution in [0.1, 0.15) is 21.7 Å². The molecule has 1 N–H and O–H groups in total. The molecule has 3 aromatic heterocycles. The van der Waals surface area contributed by atoms with Crippen LogP contribution in [0.15, 0.2) is 55.1 Å². The molecule has 0 saturated carbocycles. The van der Waals surface area contributed by atoms with Crippen LogP contribution < -0.4 is 4.74 Å². The Kier molecular flexibility index (Phi) is 6.38. The minimum Gasteiger partial charge on any atom is -0.494 e. The molecule has 0 radical (unpaired) electrons. The molecule has 186 valence electrons. The minimum atomic E-state index is -0.638. The summed E-state index contributed by atoms with van der Waals surface area (Å²) in [5.41, 5.74) is 2.44. The monoisotopic (exact) mass is 496 g/mol. The van der Waals surface area contributed by atoms with E-state index in [1.807, 2.05) is 30.3 Å². The molecule has 5 rings (SSSR count).